The molecule has 0 aromatic carbocycles. The van der Waals surface area contributed by atoms with Gasteiger partial charge in [-0.05, 0) is 6.92 Å². The van der Waals surface area contributed by atoms with E-state index in [-0.39, 0.29) is 0 Å². The zero-order chi connectivity index (χ0) is 11.0. The molecule has 0 saturated carbocycles. The van der Waals surface area contributed by atoms with E-state index in [1.807, 2.05) is 19.1 Å². The van der Waals surface area contributed by atoms with Crippen LogP contribution in [0.4, 0.5) is 0 Å². The van der Waals surface area contributed by atoms with E-state index < -0.39 is 8.07 Å². The van der Waals surface area contributed by atoms with E-state index in [4.69, 9.17) is 4.74 Å². The molecule has 1 nitrogen and oxygen atoms in total. The maximum absolute atomic E-state index is 5.30. The Hall–Kier alpha value is -0.783. The summed E-state index contributed by atoms with van der Waals surface area (Å²) in [6.07, 6.45) is 3.91. The van der Waals surface area contributed by atoms with Crippen LogP contribution in [0.25, 0.3) is 0 Å². The molecule has 0 radical (unpaired) electrons. The minimum Gasteiger partial charge on any atom is -0.365 e. The van der Waals surface area contributed by atoms with Crippen molar-refractivity contribution in [3.05, 3.63) is 24.3 Å². The fourth-order valence-corrected chi connectivity index (χ4v) is 1.33. The fraction of sp³-hybridized carbons (Fsp3) is 0.500. The van der Waals surface area contributed by atoms with Crippen LogP contribution in [-0.4, -0.2) is 21.3 Å². The summed E-state index contributed by atoms with van der Waals surface area (Å²) in [6.45, 7) is 13.5. The van der Waals surface area contributed by atoms with Crippen molar-refractivity contribution in [1.29, 1.82) is 0 Å². The number of ether oxygens (including phenoxy) is 1. The van der Waals surface area contributed by atoms with Gasteiger partial charge in [0.2, 0.25) is 0 Å². The predicted molar refractivity (Wildman–Crippen MR) is 65.9 cm³/mol. The number of rotatable bonds is 4. The molecule has 0 bridgehead atoms. The Morgan fingerprint density at radius 3 is 2.57 bits per heavy atom. The van der Waals surface area contributed by atoms with Crippen molar-refractivity contribution in [3.63, 3.8) is 0 Å². The van der Waals surface area contributed by atoms with Crippen molar-refractivity contribution in [3.8, 4) is 11.5 Å². The van der Waals surface area contributed by atoms with Gasteiger partial charge in [0.1, 0.15) is 14.7 Å². The summed E-state index contributed by atoms with van der Waals surface area (Å²) in [5.41, 5.74) is 4.29. The lowest BCUT2D eigenvalue weighted by Crippen LogP contribution is -2.16. The van der Waals surface area contributed by atoms with E-state index in [0.29, 0.717) is 13.2 Å². The van der Waals surface area contributed by atoms with Crippen LogP contribution in [0.1, 0.15) is 6.92 Å². The molecule has 0 aliphatic carbocycles. The van der Waals surface area contributed by atoms with Gasteiger partial charge in [0, 0.05) is 0 Å². The van der Waals surface area contributed by atoms with E-state index in [1.54, 1.807) is 0 Å². The fourth-order valence-electron chi connectivity index (χ4n) is 0.729. The predicted octanol–water partition coefficient (Wildman–Crippen LogP) is 3.02. The van der Waals surface area contributed by atoms with Crippen molar-refractivity contribution >= 4 is 8.07 Å². The van der Waals surface area contributed by atoms with Crippen LogP contribution in [-0.2, 0) is 4.74 Å². The lowest BCUT2D eigenvalue weighted by molar-refractivity contribution is 0.199. The highest BCUT2D eigenvalue weighted by Gasteiger charge is 2.06. The summed E-state index contributed by atoms with van der Waals surface area (Å²) in [4.78, 5) is 0. The lowest BCUT2D eigenvalue weighted by atomic mass is 10.3. The van der Waals surface area contributed by atoms with Gasteiger partial charge < -0.3 is 4.74 Å². The van der Waals surface area contributed by atoms with Crippen LogP contribution >= 0.6 is 0 Å². The van der Waals surface area contributed by atoms with Crippen molar-refractivity contribution in [2.24, 2.45) is 0 Å². The molecule has 78 valence electrons. The van der Waals surface area contributed by atoms with Gasteiger partial charge in [-0.1, -0.05) is 49.9 Å². The Labute approximate surface area is 88.9 Å². The van der Waals surface area contributed by atoms with Crippen molar-refractivity contribution in [2.75, 3.05) is 13.2 Å². The second-order valence-corrected chi connectivity index (χ2v) is 9.07. The number of hydrogen-bond acceptors (Lipinski definition) is 1. The SMILES string of the molecule is C=C(C)/C=C/COCC#C[Si](C)(C)C. The van der Waals surface area contributed by atoms with Crippen LogP contribution in [0.3, 0.4) is 0 Å². The van der Waals surface area contributed by atoms with Crippen LogP contribution < -0.4 is 0 Å². The molecule has 2 heteroatoms. The molecular weight excluding hydrogens is 188 g/mol. The molecule has 0 aliphatic heterocycles. The third-order valence-corrected chi connectivity index (χ3v) is 2.18. The second kappa shape index (κ2) is 6.64. The summed E-state index contributed by atoms with van der Waals surface area (Å²) in [5, 5.41) is 0. The van der Waals surface area contributed by atoms with Gasteiger partial charge >= 0.3 is 0 Å². The van der Waals surface area contributed by atoms with Crippen LogP contribution in [0.2, 0.25) is 19.6 Å². The van der Waals surface area contributed by atoms with E-state index in [1.165, 1.54) is 0 Å². The Kier molecular flexibility index (Phi) is 6.27. The Morgan fingerprint density at radius 1 is 1.43 bits per heavy atom. The van der Waals surface area contributed by atoms with Gasteiger partial charge in [0.25, 0.3) is 0 Å². The minimum absolute atomic E-state index is 0.533. The number of hydrogen-bond donors (Lipinski definition) is 0. The molecule has 0 heterocycles. The maximum atomic E-state index is 5.30. The zero-order valence-corrected chi connectivity index (χ0v) is 10.7. The van der Waals surface area contributed by atoms with Gasteiger partial charge in [-0.2, -0.15) is 0 Å². The average Bonchev–Trinajstić information content (AvgIpc) is 2.00. The largest absolute Gasteiger partial charge is 0.365 e. The summed E-state index contributed by atoms with van der Waals surface area (Å²) < 4.78 is 5.30. The molecule has 0 amide bonds. The molecule has 0 fully saturated rings. The first-order valence-corrected chi connectivity index (χ1v) is 8.31. The topological polar surface area (TPSA) is 9.23 Å². The standard InChI is InChI=1S/C12H20OSi/c1-12(2)8-6-9-13-10-7-11-14(3,4)5/h6,8H,1,9-10H2,2-5H3/b8-6+. The first-order chi connectivity index (χ1) is 6.42. The van der Waals surface area contributed by atoms with Crippen LogP contribution in [0.5, 0.6) is 0 Å². The van der Waals surface area contributed by atoms with E-state index in [9.17, 15) is 0 Å². The van der Waals surface area contributed by atoms with Gasteiger partial charge in [-0.15, -0.1) is 5.54 Å². The quantitative estimate of drug-likeness (QED) is 0.299. The number of allylic oxidation sites excluding steroid dienone is 2. The first kappa shape index (κ1) is 13.2. The smallest absolute Gasteiger partial charge is 0.129 e. The lowest BCUT2D eigenvalue weighted by Gasteiger charge is -2.03. The summed E-state index contributed by atoms with van der Waals surface area (Å²) in [5.74, 6) is 3.05. The van der Waals surface area contributed by atoms with Gasteiger partial charge in [-0.25, -0.2) is 0 Å². The molecule has 0 N–H and O–H groups in total. The molecule has 14 heavy (non-hydrogen) atoms. The molecule has 0 unspecified atom stereocenters. The Bertz CT molecular complexity index is 260. The highest BCUT2D eigenvalue weighted by Crippen LogP contribution is 1.95. The van der Waals surface area contributed by atoms with Gasteiger partial charge in [0.05, 0.1) is 6.61 Å². The summed E-state index contributed by atoms with van der Waals surface area (Å²) in [7, 11) is -1.22. The summed E-state index contributed by atoms with van der Waals surface area (Å²) >= 11 is 0. The third kappa shape index (κ3) is 11.2. The zero-order valence-electron chi connectivity index (χ0n) is 9.68. The normalized spacial score (nSPS) is 11.1. The first-order valence-electron chi connectivity index (χ1n) is 4.81. The highest BCUT2D eigenvalue weighted by molar-refractivity contribution is 6.83. The highest BCUT2D eigenvalue weighted by atomic mass is 28.3. The molecular formula is C12H20OSi. The van der Waals surface area contributed by atoms with E-state index >= 15 is 0 Å². The molecule has 0 rings (SSSR count). The molecule has 0 aromatic rings. The van der Waals surface area contributed by atoms with Gasteiger partial charge in [-0.3, -0.25) is 0 Å². The van der Waals surface area contributed by atoms with Crippen molar-refractivity contribution in [1.82, 2.24) is 0 Å². The third-order valence-electron chi connectivity index (χ3n) is 1.25. The van der Waals surface area contributed by atoms with Crippen LogP contribution in [0.15, 0.2) is 24.3 Å². The second-order valence-electron chi connectivity index (χ2n) is 4.32. The molecule has 0 atom stereocenters. The molecule has 0 spiro atoms. The molecule has 0 aliphatic rings. The van der Waals surface area contributed by atoms with E-state index in [2.05, 4.69) is 37.7 Å². The maximum Gasteiger partial charge on any atom is 0.129 e. The van der Waals surface area contributed by atoms with E-state index in [0.717, 1.165) is 5.57 Å². The average molecular weight is 208 g/mol. The van der Waals surface area contributed by atoms with Gasteiger partial charge in [0.15, 0.2) is 0 Å². The summed E-state index contributed by atoms with van der Waals surface area (Å²) in [6, 6.07) is 0. The Morgan fingerprint density at radius 2 is 2.07 bits per heavy atom. The monoisotopic (exact) mass is 208 g/mol. The Balaban J connectivity index is 3.56. The van der Waals surface area contributed by atoms with Crippen molar-refractivity contribution in [2.45, 2.75) is 26.6 Å². The molecule has 0 aromatic heterocycles. The minimum atomic E-state index is -1.22. The van der Waals surface area contributed by atoms with Crippen molar-refractivity contribution < 1.29 is 4.74 Å². The van der Waals surface area contributed by atoms with Crippen LogP contribution in [0, 0.1) is 11.5 Å². The molecule has 0 saturated heterocycles.